The average molecular weight is 407 g/mol. The Labute approximate surface area is 170 Å². The minimum absolute atomic E-state index is 0.105. The van der Waals surface area contributed by atoms with Crippen molar-refractivity contribution in [3.63, 3.8) is 0 Å². The number of aryl methyl sites for hydroxylation is 2. The van der Waals surface area contributed by atoms with Crippen LogP contribution < -0.4 is 10.9 Å². The largest absolute Gasteiger partial charge is 0.326 e. The van der Waals surface area contributed by atoms with Crippen molar-refractivity contribution in [2.45, 2.75) is 19.9 Å². The van der Waals surface area contributed by atoms with E-state index in [2.05, 4.69) is 10.3 Å². The molecule has 4 aromatic rings. The number of halogens is 1. The highest BCUT2D eigenvalue weighted by molar-refractivity contribution is 7.19. The lowest BCUT2D eigenvalue weighted by Gasteiger charge is -2.08. The van der Waals surface area contributed by atoms with E-state index in [9.17, 15) is 14.0 Å². The Hall–Kier alpha value is -3.32. The van der Waals surface area contributed by atoms with E-state index < -0.39 is 0 Å². The minimum atomic E-state index is -0.366. The molecule has 4 rings (SSSR count). The highest BCUT2D eigenvalue weighted by Crippen LogP contribution is 2.35. The van der Waals surface area contributed by atoms with Gasteiger partial charge in [0.25, 0.3) is 5.56 Å². The molecule has 2 heterocycles. The van der Waals surface area contributed by atoms with E-state index in [1.165, 1.54) is 46.5 Å². The van der Waals surface area contributed by atoms with Crippen molar-refractivity contribution in [1.29, 1.82) is 0 Å². The second-order valence-electron chi connectivity index (χ2n) is 6.63. The first-order valence-corrected chi connectivity index (χ1v) is 9.94. The first-order valence-electron chi connectivity index (χ1n) is 9.12. The van der Waals surface area contributed by atoms with Crippen LogP contribution in [-0.4, -0.2) is 15.5 Å². The molecule has 1 N–H and O–H groups in total. The highest BCUT2D eigenvalue weighted by Gasteiger charge is 2.17. The summed E-state index contributed by atoms with van der Waals surface area (Å²) in [5, 5.41) is 3.28. The fourth-order valence-electron chi connectivity index (χ4n) is 3.23. The monoisotopic (exact) mass is 407 g/mol. The van der Waals surface area contributed by atoms with Gasteiger partial charge in [0.15, 0.2) is 0 Å². The quantitative estimate of drug-likeness (QED) is 0.526. The van der Waals surface area contributed by atoms with E-state index in [0.29, 0.717) is 15.9 Å². The van der Waals surface area contributed by atoms with Gasteiger partial charge in [-0.2, -0.15) is 0 Å². The number of rotatable bonds is 5. The lowest BCUT2D eigenvalue weighted by molar-refractivity contribution is -0.116. The number of fused-ring (bicyclic) bond motifs is 1. The lowest BCUT2D eigenvalue weighted by atomic mass is 10.0. The van der Waals surface area contributed by atoms with Crippen LogP contribution in [0.3, 0.4) is 0 Å². The summed E-state index contributed by atoms with van der Waals surface area (Å²) in [7, 11) is 0. The summed E-state index contributed by atoms with van der Waals surface area (Å²) >= 11 is 1.49. The smallest absolute Gasteiger partial charge is 0.262 e. The Balaban J connectivity index is 1.58. The summed E-state index contributed by atoms with van der Waals surface area (Å²) in [6, 6.07) is 15.3. The summed E-state index contributed by atoms with van der Waals surface area (Å²) < 4.78 is 14.4. The Bertz CT molecular complexity index is 1230. The van der Waals surface area contributed by atoms with E-state index in [1.54, 1.807) is 0 Å². The van der Waals surface area contributed by atoms with Crippen LogP contribution in [0.1, 0.15) is 11.3 Å². The van der Waals surface area contributed by atoms with Crippen LogP contribution in [0, 0.1) is 12.7 Å². The molecule has 0 aliphatic rings. The van der Waals surface area contributed by atoms with Crippen molar-refractivity contribution in [3.8, 4) is 11.1 Å². The predicted octanol–water partition coefficient (Wildman–Crippen LogP) is 4.60. The van der Waals surface area contributed by atoms with Gasteiger partial charge in [0, 0.05) is 29.1 Å². The van der Waals surface area contributed by atoms with Gasteiger partial charge in [0.05, 0.1) is 11.7 Å². The van der Waals surface area contributed by atoms with E-state index in [4.69, 9.17) is 0 Å². The van der Waals surface area contributed by atoms with Crippen molar-refractivity contribution in [2.24, 2.45) is 0 Å². The molecule has 0 spiro atoms. The summed E-state index contributed by atoms with van der Waals surface area (Å²) in [5.74, 6) is -0.623. The number of hydrogen-bond donors (Lipinski definition) is 1. The second kappa shape index (κ2) is 7.97. The minimum Gasteiger partial charge on any atom is -0.326 e. The predicted molar refractivity (Wildman–Crippen MR) is 114 cm³/mol. The molecule has 0 aliphatic heterocycles. The fourth-order valence-corrected chi connectivity index (χ4v) is 4.23. The molecule has 1 amide bonds. The summed E-state index contributed by atoms with van der Waals surface area (Å²) in [6.07, 6.45) is 1.59. The number of nitrogens with zero attached hydrogens (tertiary/aromatic N) is 2. The summed E-state index contributed by atoms with van der Waals surface area (Å²) in [6.45, 7) is 2.19. The van der Waals surface area contributed by atoms with Gasteiger partial charge in [-0.15, -0.1) is 11.3 Å². The Morgan fingerprint density at radius 2 is 1.86 bits per heavy atom. The zero-order valence-electron chi connectivity index (χ0n) is 15.7. The molecule has 146 valence electrons. The normalized spacial score (nSPS) is 11.0. The molecule has 0 saturated carbocycles. The van der Waals surface area contributed by atoms with Crippen LogP contribution in [0.15, 0.2) is 65.7 Å². The van der Waals surface area contributed by atoms with Gasteiger partial charge in [0.1, 0.15) is 10.6 Å². The number of carbonyl (C=O) groups excluding carboxylic acids is 1. The molecular weight excluding hydrogens is 389 g/mol. The SMILES string of the molecule is Cc1sc2ncn(CCC(=O)Nc3ccc(F)cc3)c(=O)c2c1-c1ccccc1. The molecule has 0 unspecified atom stereocenters. The summed E-state index contributed by atoms with van der Waals surface area (Å²) in [4.78, 5) is 31.5. The number of aromatic nitrogens is 2. The third-order valence-electron chi connectivity index (χ3n) is 4.63. The van der Waals surface area contributed by atoms with Crippen LogP contribution in [0.25, 0.3) is 21.3 Å². The third-order valence-corrected chi connectivity index (χ3v) is 5.64. The lowest BCUT2D eigenvalue weighted by Crippen LogP contribution is -2.23. The van der Waals surface area contributed by atoms with Gasteiger partial charge in [-0.3, -0.25) is 14.2 Å². The zero-order chi connectivity index (χ0) is 20.4. The second-order valence-corrected chi connectivity index (χ2v) is 7.83. The number of carbonyl (C=O) groups is 1. The van der Waals surface area contributed by atoms with Crippen molar-refractivity contribution in [3.05, 3.63) is 82.0 Å². The molecule has 0 bridgehead atoms. The van der Waals surface area contributed by atoms with E-state index in [1.807, 2.05) is 37.3 Å². The Morgan fingerprint density at radius 1 is 1.14 bits per heavy atom. The molecule has 29 heavy (non-hydrogen) atoms. The average Bonchev–Trinajstić information content (AvgIpc) is 3.06. The molecular formula is C22H18FN3O2S. The highest BCUT2D eigenvalue weighted by atomic mass is 32.1. The number of thiophene rings is 1. The van der Waals surface area contributed by atoms with Gasteiger partial charge >= 0.3 is 0 Å². The van der Waals surface area contributed by atoms with E-state index >= 15 is 0 Å². The molecule has 0 fully saturated rings. The van der Waals surface area contributed by atoms with Crippen LogP contribution in [0.2, 0.25) is 0 Å². The topological polar surface area (TPSA) is 64.0 Å². The number of hydrogen-bond acceptors (Lipinski definition) is 4. The van der Waals surface area contributed by atoms with Gasteiger partial charge < -0.3 is 5.32 Å². The van der Waals surface area contributed by atoms with Gasteiger partial charge in [-0.25, -0.2) is 9.37 Å². The zero-order valence-corrected chi connectivity index (χ0v) is 16.5. The third kappa shape index (κ3) is 3.95. The Kier molecular flexibility index (Phi) is 5.22. The maximum absolute atomic E-state index is 13.1. The van der Waals surface area contributed by atoms with Crippen molar-refractivity contribution >= 4 is 33.1 Å². The Morgan fingerprint density at radius 3 is 2.59 bits per heavy atom. The van der Waals surface area contributed by atoms with Crippen LogP contribution >= 0.6 is 11.3 Å². The molecule has 0 saturated heterocycles. The molecule has 0 aliphatic carbocycles. The van der Waals surface area contributed by atoms with Crippen LogP contribution in [0.5, 0.6) is 0 Å². The number of amides is 1. The molecule has 7 heteroatoms. The molecule has 2 aromatic carbocycles. The maximum atomic E-state index is 13.1. The number of nitrogens with one attached hydrogen (secondary N) is 1. The first kappa shape index (κ1) is 19.0. The number of anilines is 1. The first-order chi connectivity index (χ1) is 14.0. The van der Waals surface area contributed by atoms with Gasteiger partial charge in [0.2, 0.25) is 5.91 Å². The standard InChI is InChI=1S/C22H18FN3O2S/c1-14-19(15-5-3-2-4-6-15)20-21(29-14)24-13-26(22(20)28)12-11-18(27)25-17-9-7-16(23)8-10-17/h2-10,13H,11-12H2,1H3,(H,25,27). The van der Waals surface area contributed by atoms with E-state index in [-0.39, 0.29) is 30.2 Å². The fraction of sp³-hybridized carbons (Fsp3) is 0.136. The van der Waals surface area contributed by atoms with Gasteiger partial charge in [-0.05, 0) is 36.8 Å². The van der Waals surface area contributed by atoms with Crippen molar-refractivity contribution < 1.29 is 9.18 Å². The number of benzene rings is 2. The van der Waals surface area contributed by atoms with Gasteiger partial charge in [-0.1, -0.05) is 30.3 Å². The molecule has 5 nitrogen and oxygen atoms in total. The van der Waals surface area contributed by atoms with Crippen LogP contribution in [-0.2, 0) is 11.3 Å². The van der Waals surface area contributed by atoms with Crippen molar-refractivity contribution in [1.82, 2.24) is 9.55 Å². The molecule has 2 aromatic heterocycles. The molecule has 0 atom stereocenters. The van der Waals surface area contributed by atoms with Crippen molar-refractivity contribution in [2.75, 3.05) is 5.32 Å². The van der Waals surface area contributed by atoms with Crippen LogP contribution in [0.4, 0.5) is 10.1 Å². The van der Waals surface area contributed by atoms with E-state index in [0.717, 1.165) is 16.0 Å². The molecule has 0 radical (unpaired) electrons. The maximum Gasteiger partial charge on any atom is 0.262 e. The summed E-state index contributed by atoms with van der Waals surface area (Å²) in [5.41, 5.74) is 2.22.